The minimum atomic E-state index is -0.302. The summed E-state index contributed by atoms with van der Waals surface area (Å²) in [6.07, 6.45) is 7.28. The zero-order valence-electron chi connectivity index (χ0n) is 15.0. The fourth-order valence-corrected chi connectivity index (χ4v) is 4.21. The third-order valence-corrected chi connectivity index (χ3v) is 5.62. The molecule has 2 N–H and O–H groups in total. The molecule has 134 valence electrons. The molecule has 1 atom stereocenters. The van der Waals surface area contributed by atoms with E-state index in [4.69, 9.17) is 5.73 Å². The first-order chi connectivity index (χ1) is 12.0. The van der Waals surface area contributed by atoms with E-state index >= 15 is 4.39 Å². The second-order valence-electron chi connectivity index (χ2n) is 7.71. The highest BCUT2D eigenvalue weighted by atomic mass is 19.1. The molecule has 0 unspecified atom stereocenters. The highest BCUT2D eigenvalue weighted by molar-refractivity contribution is 5.88. The zero-order valence-corrected chi connectivity index (χ0v) is 15.0. The average Bonchev–Trinajstić information content (AvgIpc) is 3.39. The standard InChI is InChI=1S/C20H26FN3O/c1-12-10-24(15-6-7-15)18-13(2)19(17(21)9-16(18)20(12)25)23-8-4-3-5-14(22)11-23/h9-10,14-15H,3-8,11,22H2,1-2H3/t14-/m1/s1. The van der Waals surface area contributed by atoms with Gasteiger partial charge in [-0.3, -0.25) is 4.79 Å². The van der Waals surface area contributed by atoms with Crippen LogP contribution in [0.1, 0.15) is 49.3 Å². The number of nitrogens with zero attached hydrogens (tertiary/aromatic N) is 2. The summed E-state index contributed by atoms with van der Waals surface area (Å²) in [6, 6.07) is 1.95. The Kier molecular flexibility index (Phi) is 4.07. The maximum absolute atomic E-state index is 15.1. The van der Waals surface area contributed by atoms with Crippen molar-refractivity contribution in [2.45, 2.75) is 58.0 Å². The van der Waals surface area contributed by atoms with Crippen LogP contribution in [0.5, 0.6) is 0 Å². The van der Waals surface area contributed by atoms with Gasteiger partial charge in [0.15, 0.2) is 5.43 Å². The van der Waals surface area contributed by atoms with Crippen molar-refractivity contribution in [1.82, 2.24) is 4.57 Å². The van der Waals surface area contributed by atoms with Crippen LogP contribution in [0.15, 0.2) is 17.1 Å². The topological polar surface area (TPSA) is 51.3 Å². The molecule has 2 heterocycles. The van der Waals surface area contributed by atoms with Crippen molar-refractivity contribution in [1.29, 1.82) is 0 Å². The third kappa shape index (κ3) is 2.84. The Hall–Kier alpha value is -1.88. The molecule has 25 heavy (non-hydrogen) atoms. The first-order valence-corrected chi connectivity index (χ1v) is 9.32. The summed E-state index contributed by atoms with van der Waals surface area (Å²) in [5.41, 5.74) is 9.20. The average molecular weight is 343 g/mol. The summed E-state index contributed by atoms with van der Waals surface area (Å²) in [6.45, 7) is 5.25. The Morgan fingerprint density at radius 3 is 2.68 bits per heavy atom. The minimum Gasteiger partial charge on any atom is -0.367 e. The highest BCUT2D eigenvalue weighted by Gasteiger charge is 2.28. The third-order valence-electron chi connectivity index (χ3n) is 5.62. The minimum absolute atomic E-state index is 0.0620. The van der Waals surface area contributed by atoms with Crippen LogP contribution in [-0.4, -0.2) is 23.7 Å². The molecular formula is C20H26FN3O. The van der Waals surface area contributed by atoms with E-state index in [0.717, 1.165) is 49.7 Å². The number of benzene rings is 1. The van der Waals surface area contributed by atoms with Crippen LogP contribution < -0.4 is 16.1 Å². The highest BCUT2D eigenvalue weighted by Crippen LogP contribution is 2.40. The van der Waals surface area contributed by atoms with Crippen LogP contribution in [-0.2, 0) is 0 Å². The van der Waals surface area contributed by atoms with Gasteiger partial charge in [0.05, 0.1) is 11.2 Å². The quantitative estimate of drug-likeness (QED) is 0.909. The number of hydrogen-bond acceptors (Lipinski definition) is 3. The van der Waals surface area contributed by atoms with Crippen LogP contribution in [0.25, 0.3) is 10.9 Å². The van der Waals surface area contributed by atoms with Gasteiger partial charge in [0.25, 0.3) is 0 Å². The van der Waals surface area contributed by atoms with Crippen molar-refractivity contribution in [3.63, 3.8) is 0 Å². The van der Waals surface area contributed by atoms with Crippen LogP contribution in [0.2, 0.25) is 0 Å². The Morgan fingerprint density at radius 2 is 1.96 bits per heavy atom. The van der Waals surface area contributed by atoms with Gasteiger partial charge in [-0.15, -0.1) is 0 Å². The number of fused-ring (bicyclic) bond motifs is 1. The van der Waals surface area contributed by atoms with E-state index in [1.165, 1.54) is 6.07 Å². The van der Waals surface area contributed by atoms with Gasteiger partial charge in [0.2, 0.25) is 0 Å². The Morgan fingerprint density at radius 1 is 1.20 bits per heavy atom. The van der Waals surface area contributed by atoms with Crippen molar-refractivity contribution in [3.8, 4) is 0 Å². The van der Waals surface area contributed by atoms with Gasteiger partial charge in [-0.2, -0.15) is 0 Å². The predicted molar refractivity (Wildman–Crippen MR) is 100.0 cm³/mol. The van der Waals surface area contributed by atoms with Crippen molar-refractivity contribution < 1.29 is 4.39 Å². The lowest BCUT2D eigenvalue weighted by Crippen LogP contribution is -2.36. The van der Waals surface area contributed by atoms with Crippen LogP contribution >= 0.6 is 0 Å². The van der Waals surface area contributed by atoms with Gasteiger partial charge in [-0.1, -0.05) is 6.42 Å². The van der Waals surface area contributed by atoms with Crippen molar-refractivity contribution in [2.24, 2.45) is 5.73 Å². The van der Waals surface area contributed by atoms with Gasteiger partial charge in [-0.25, -0.2) is 4.39 Å². The van der Waals surface area contributed by atoms with E-state index in [0.29, 0.717) is 29.2 Å². The molecule has 1 saturated carbocycles. The van der Waals surface area contributed by atoms with Crippen LogP contribution in [0.4, 0.5) is 10.1 Å². The molecule has 0 bridgehead atoms. The van der Waals surface area contributed by atoms with Gasteiger partial charge >= 0.3 is 0 Å². The van der Waals surface area contributed by atoms with Gasteiger partial charge in [0.1, 0.15) is 5.82 Å². The van der Waals surface area contributed by atoms with E-state index in [-0.39, 0.29) is 17.3 Å². The molecule has 2 aliphatic rings. The fraction of sp³-hybridized carbons (Fsp3) is 0.550. The van der Waals surface area contributed by atoms with Gasteiger partial charge < -0.3 is 15.2 Å². The summed E-state index contributed by atoms with van der Waals surface area (Å²) in [5, 5.41) is 0.504. The molecule has 1 aromatic carbocycles. The second-order valence-corrected chi connectivity index (χ2v) is 7.71. The molecule has 4 rings (SSSR count). The van der Waals surface area contributed by atoms with E-state index in [1.807, 2.05) is 20.0 Å². The summed E-state index contributed by atoms with van der Waals surface area (Å²) >= 11 is 0. The SMILES string of the molecule is Cc1cn(C2CC2)c2c(C)c(N3CCCC[C@@H](N)C3)c(F)cc2c1=O. The molecule has 5 heteroatoms. The number of anilines is 1. The summed E-state index contributed by atoms with van der Waals surface area (Å²) < 4.78 is 17.3. The lowest BCUT2D eigenvalue weighted by atomic mass is 10.0. The number of halogens is 1. The van der Waals surface area contributed by atoms with Crippen molar-refractivity contribution in [2.75, 3.05) is 18.0 Å². The maximum atomic E-state index is 15.1. The molecule has 0 radical (unpaired) electrons. The van der Waals surface area contributed by atoms with Crippen LogP contribution in [0, 0.1) is 19.7 Å². The van der Waals surface area contributed by atoms with E-state index in [2.05, 4.69) is 9.47 Å². The van der Waals surface area contributed by atoms with Gasteiger partial charge in [-0.05, 0) is 51.2 Å². The lowest BCUT2D eigenvalue weighted by molar-refractivity contribution is 0.601. The van der Waals surface area contributed by atoms with E-state index in [9.17, 15) is 4.79 Å². The zero-order chi connectivity index (χ0) is 17.7. The predicted octanol–water partition coefficient (Wildman–Crippen LogP) is 3.41. The van der Waals surface area contributed by atoms with E-state index in [1.54, 1.807) is 0 Å². The Labute approximate surface area is 147 Å². The molecule has 1 saturated heterocycles. The molecular weight excluding hydrogens is 317 g/mol. The largest absolute Gasteiger partial charge is 0.367 e. The summed E-state index contributed by atoms with van der Waals surface area (Å²) in [5.74, 6) is -0.302. The van der Waals surface area contributed by atoms with Crippen LogP contribution in [0.3, 0.4) is 0 Å². The number of aryl methyl sites for hydroxylation is 2. The fourth-order valence-electron chi connectivity index (χ4n) is 4.21. The molecule has 1 aliphatic carbocycles. The number of aromatic nitrogens is 1. The second kappa shape index (κ2) is 6.13. The van der Waals surface area contributed by atoms with E-state index < -0.39 is 0 Å². The van der Waals surface area contributed by atoms with Crippen molar-refractivity contribution in [3.05, 3.63) is 39.4 Å². The van der Waals surface area contributed by atoms with Gasteiger partial charge in [0, 0.05) is 42.3 Å². The Bertz CT molecular complexity index is 885. The molecule has 2 fully saturated rings. The molecule has 1 aromatic heterocycles. The maximum Gasteiger partial charge on any atom is 0.192 e. The molecule has 0 amide bonds. The Balaban J connectivity index is 1.95. The number of rotatable bonds is 2. The summed E-state index contributed by atoms with van der Waals surface area (Å²) in [7, 11) is 0. The number of nitrogens with two attached hydrogens (primary N) is 1. The first kappa shape index (κ1) is 16.6. The lowest BCUT2D eigenvalue weighted by Gasteiger charge is -2.28. The van der Waals surface area contributed by atoms with Crippen molar-refractivity contribution >= 4 is 16.6 Å². The molecule has 1 aliphatic heterocycles. The first-order valence-electron chi connectivity index (χ1n) is 9.32. The number of pyridine rings is 1. The molecule has 0 spiro atoms. The molecule has 2 aromatic rings. The molecule has 4 nitrogen and oxygen atoms in total. The smallest absolute Gasteiger partial charge is 0.192 e. The monoisotopic (exact) mass is 343 g/mol. The summed E-state index contributed by atoms with van der Waals surface area (Å²) in [4.78, 5) is 14.7. The normalized spacial score (nSPS) is 21.6. The number of hydrogen-bond donors (Lipinski definition) is 1.